The summed E-state index contributed by atoms with van der Waals surface area (Å²) in [7, 11) is 0. The van der Waals surface area contributed by atoms with Crippen LogP contribution in [0.15, 0.2) is 17.5 Å². The number of rotatable bonds is 4. The van der Waals surface area contributed by atoms with E-state index in [9.17, 15) is 4.79 Å². The summed E-state index contributed by atoms with van der Waals surface area (Å²) in [5, 5.41) is 1.99. The minimum absolute atomic E-state index is 0.315. The molecular weight excluding hydrogens is 242 g/mol. The molecule has 1 aromatic heterocycles. The molecule has 1 aliphatic heterocycles. The number of ketones is 1. The van der Waals surface area contributed by atoms with E-state index in [4.69, 9.17) is 0 Å². The van der Waals surface area contributed by atoms with Crippen LogP contribution < -0.4 is 0 Å². The van der Waals surface area contributed by atoms with E-state index >= 15 is 0 Å². The Hall–Kier alpha value is -0.670. The van der Waals surface area contributed by atoms with Gasteiger partial charge in [-0.1, -0.05) is 18.9 Å². The lowest BCUT2D eigenvalue weighted by atomic mass is 9.96. The van der Waals surface area contributed by atoms with Gasteiger partial charge < -0.3 is 0 Å². The van der Waals surface area contributed by atoms with Crippen molar-refractivity contribution < 1.29 is 4.79 Å². The maximum absolute atomic E-state index is 12.2. The van der Waals surface area contributed by atoms with Crippen molar-refractivity contribution in [1.82, 2.24) is 4.90 Å². The van der Waals surface area contributed by atoms with Crippen LogP contribution in [0, 0.1) is 5.92 Å². The smallest absolute Gasteiger partial charge is 0.186 e. The van der Waals surface area contributed by atoms with Gasteiger partial charge in [-0.25, -0.2) is 0 Å². The van der Waals surface area contributed by atoms with E-state index in [-0.39, 0.29) is 0 Å². The van der Waals surface area contributed by atoms with Gasteiger partial charge in [0.2, 0.25) is 0 Å². The highest BCUT2D eigenvalue weighted by Gasteiger charge is 2.34. The maximum atomic E-state index is 12.2. The molecule has 1 saturated heterocycles. The van der Waals surface area contributed by atoms with Crippen LogP contribution in [0.25, 0.3) is 0 Å². The lowest BCUT2D eigenvalue weighted by Crippen LogP contribution is -2.38. The number of Topliss-reactive ketones (excluding diaryl/α,β-unsaturated/α-hetero) is 1. The second-order valence-electron chi connectivity index (χ2n) is 5.63. The van der Waals surface area contributed by atoms with E-state index in [1.54, 1.807) is 11.3 Å². The molecule has 2 heterocycles. The molecule has 0 N–H and O–H groups in total. The molecule has 3 rings (SSSR count). The van der Waals surface area contributed by atoms with Crippen molar-refractivity contribution in [2.45, 2.75) is 44.6 Å². The van der Waals surface area contributed by atoms with Crippen LogP contribution in [0.2, 0.25) is 0 Å². The lowest BCUT2D eigenvalue weighted by molar-refractivity contribution is 0.0900. The van der Waals surface area contributed by atoms with E-state index in [2.05, 4.69) is 4.90 Å². The molecular formula is C15H21NOS. The van der Waals surface area contributed by atoms with Crippen molar-refractivity contribution in [1.29, 1.82) is 0 Å². The van der Waals surface area contributed by atoms with E-state index in [1.165, 1.54) is 38.5 Å². The molecule has 0 spiro atoms. The first-order valence-electron chi connectivity index (χ1n) is 7.15. The Balaban J connectivity index is 1.62. The van der Waals surface area contributed by atoms with Crippen molar-refractivity contribution >= 4 is 17.1 Å². The Bertz CT molecular complexity index is 395. The average molecular weight is 263 g/mol. The topological polar surface area (TPSA) is 20.3 Å². The minimum Gasteiger partial charge on any atom is -0.293 e. The Morgan fingerprint density at radius 1 is 1.28 bits per heavy atom. The van der Waals surface area contributed by atoms with Gasteiger partial charge in [-0.05, 0) is 49.6 Å². The number of nitrogens with zero attached hydrogens (tertiary/aromatic N) is 1. The predicted molar refractivity (Wildman–Crippen MR) is 75.2 cm³/mol. The molecule has 1 saturated carbocycles. The van der Waals surface area contributed by atoms with Gasteiger partial charge >= 0.3 is 0 Å². The first kappa shape index (κ1) is 12.4. The Morgan fingerprint density at radius 3 is 2.83 bits per heavy atom. The Kier molecular flexibility index (Phi) is 3.80. The van der Waals surface area contributed by atoms with Gasteiger partial charge in [-0.15, -0.1) is 11.3 Å². The second-order valence-corrected chi connectivity index (χ2v) is 6.57. The molecule has 1 unspecified atom stereocenters. The van der Waals surface area contributed by atoms with Crippen LogP contribution in [-0.4, -0.2) is 29.8 Å². The number of hydrogen-bond donors (Lipinski definition) is 0. The van der Waals surface area contributed by atoms with Crippen LogP contribution in [0.5, 0.6) is 0 Å². The summed E-state index contributed by atoms with van der Waals surface area (Å²) in [5.41, 5.74) is 0. The third-order valence-electron chi connectivity index (χ3n) is 4.50. The number of carbonyl (C=O) groups is 1. The molecule has 3 heteroatoms. The summed E-state index contributed by atoms with van der Waals surface area (Å²) in [6.07, 6.45) is 8.14. The summed E-state index contributed by atoms with van der Waals surface area (Å²) in [6.45, 7) is 1.76. The SMILES string of the molecule is O=C(CN1CCCC1C1CCCC1)c1cccs1. The highest BCUT2D eigenvalue weighted by atomic mass is 32.1. The predicted octanol–water partition coefficient (Wildman–Crippen LogP) is 3.59. The number of hydrogen-bond acceptors (Lipinski definition) is 3. The summed E-state index contributed by atoms with van der Waals surface area (Å²) in [6, 6.07) is 4.61. The van der Waals surface area contributed by atoms with Gasteiger partial charge in [0.15, 0.2) is 5.78 Å². The average Bonchev–Trinajstić information content (AvgIpc) is 3.11. The number of carbonyl (C=O) groups excluding carboxylic acids is 1. The third kappa shape index (κ3) is 2.52. The van der Waals surface area contributed by atoms with Crippen LogP contribution in [-0.2, 0) is 0 Å². The minimum atomic E-state index is 0.315. The highest BCUT2D eigenvalue weighted by molar-refractivity contribution is 7.12. The molecule has 0 bridgehead atoms. The molecule has 2 nitrogen and oxygen atoms in total. The Morgan fingerprint density at radius 2 is 2.11 bits per heavy atom. The second kappa shape index (κ2) is 5.54. The maximum Gasteiger partial charge on any atom is 0.186 e. The van der Waals surface area contributed by atoms with E-state index < -0.39 is 0 Å². The molecule has 0 amide bonds. The molecule has 0 radical (unpaired) electrons. The monoisotopic (exact) mass is 263 g/mol. The molecule has 18 heavy (non-hydrogen) atoms. The van der Waals surface area contributed by atoms with E-state index in [1.807, 2.05) is 17.5 Å². The highest BCUT2D eigenvalue weighted by Crippen LogP contribution is 2.35. The molecule has 1 aromatic rings. The molecule has 1 aliphatic carbocycles. The molecule has 2 aliphatic rings. The fraction of sp³-hybridized carbons (Fsp3) is 0.667. The van der Waals surface area contributed by atoms with Crippen molar-refractivity contribution in [3.8, 4) is 0 Å². The fourth-order valence-corrected chi connectivity index (χ4v) is 4.28. The van der Waals surface area contributed by atoms with Crippen molar-refractivity contribution in [2.75, 3.05) is 13.1 Å². The lowest BCUT2D eigenvalue weighted by Gasteiger charge is -2.28. The van der Waals surface area contributed by atoms with Gasteiger partial charge in [0.25, 0.3) is 0 Å². The van der Waals surface area contributed by atoms with Gasteiger partial charge in [0, 0.05) is 6.04 Å². The molecule has 98 valence electrons. The molecule has 2 fully saturated rings. The van der Waals surface area contributed by atoms with Gasteiger partial charge in [0.1, 0.15) is 0 Å². The zero-order valence-electron chi connectivity index (χ0n) is 10.8. The zero-order valence-corrected chi connectivity index (χ0v) is 11.6. The van der Waals surface area contributed by atoms with E-state index in [0.717, 1.165) is 17.3 Å². The fourth-order valence-electron chi connectivity index (χ4n) is 3.62. The third-order valence-corrected chi connectivity index (χ3v) is 5.41. The molecule has 0 aromatic carbocycles. The van der Waals surface area contributed by atoms with Crippen molar-refractivity contribution in [2.24, 2.45) is 5.92 Å². The summed E-state index contributed by atoms with van der Waals surface area (Å²) in [4.78, 5) is 15.6. The number of likely N-dealkylation sites (tertiary alicyclic amines) is 1. The largest absolute Gasteiger partial charge is 0.293 e. The van der Waals surface area contributed by atoms with Gasteiger partial charge in [-0.3, -0.25) is 9.69 Å². The normalized spacial score (nSPS) is 25.9. The van der Waals surface area contributed by atoms with Crippen LogP contribution in [0.1, 0.15) is 48.2 Å². The first-order chi connectivity index (χ1) is 8.84. The van der Waals surface area contributed by atoms with Crippen molar-refractivity contribution in [3.05, 3.63) is 22.4 Å². The van der Waals surface area contributed by atoms with Gasteiger partial charge in [-0.2, -0.15) is 0 Å². The standard InChI is InChI=1S/C15H21NOS/c17-14(15-8-4-10-18-15)11-16-9-3-7-13(16)12-5-1-2-6-12/h4,8,10,12-13H,1-3,5-7,9,11H2. The number of thiophene rings is 1. The van der Waals surface area contributed by atoms with Crippen LogP contribution >= 0.6 is 11.3 Å². The summed E-state index contributed by atoms with van der Waals surface area (Å²) < 4.78 is 0. The zero-order chi connectivity index (χ0) is 12.4. The van der Waals surface area contributed by atoms with E-state index in [0.29, 0.717) is 18.4 Å². The summed E-state index contributed by atoms with van der Waals surface area (Å²) in [5.74, 6) is 1.18. The first-order valence-corrected chi connectivity index (χ1v) is 8.03. The Labute approximate surface area is 113 Å². The molecule has 1 atom stereocenters. The quantitative estimate of drug-likeness (QED) is 0.774. The van der Waals surface area contributed by atoms with Crippen LogP contribution in [0.4, 0.5) is 0 Å². The summed E-state index contributed by atoms with van der Waals surface area (Å²) >= 11 is 1.57. The van der Waals surface area contributed by atoms with Gasteiger partial charge in [0.05, 0.1) is 11.4 Å². The van der Waals surface area contributed by atoms with Crippen molar-refractivity contribution in [3.63, 3.8) is 0 Å². The van der Waals surface area contributed by atoms with Crippen LogP contribution in [0.3, 0.4) is 0 Å².